The number of ether oxygens (including phenoxy) is 1. The molecule has 1 atom stereocenters. The zero-order chi connectivity index (χ0) is 20.7. The lowest BCUT2D eigenvalue weighted by molar-refractivity contribution is -0.140. The second-order valence-electron chi connectivity index (χ2n) is 7.60. The summed E-state index contributed by atoms with van der Waals surface area (Å²) in [6, 6.07) is 20.3. The number of nitrogens with zero attached hydrogens (tertiary/aromatic N) is 2. The zero-order valence-electron chi connectivity index (χ0n) is 16.2. The normalized spacial score (nSPS) is 19.9. The van der Waals surface area contributed by atoms with Gasteiger partial charge in [0.05, 0.1) is 5.92 Å². The molecule has 0 saturated carbocycles. The second kappa shape index (κ2) is 7.25. The van der Waals surface area contributed by atoms with Gasteiger partial charge in [-0.2, -0.15) is 8.42 Å². The minimum Gasteiger partial charge on any atom is -0.426 e. The van der Waals surface area contributed by atoms with Crippen molar-refractivity contribution in [2.24, 2.45) is 10.3 Å². The van der Waals surface area contributed by atoms with Crippen molar-refractivity contribution in [1.82, 2.24) is 4.90 Å². The van der Waals surface area contributed by atoms with Gasteiger partial charge in [0, 0.05) is 18.7 Å². The molecule has 3 aromatic rings. The van der Waals surface area contributed by atoms with Crippen molar-refractivity contribution >= 4 is 32.6 Å². The minimum absolute atomic E-state index is 0.223. The monoisotopic (exact) mass is 420 g/mol. The van der Waals surface area contributed by atoms with Crippen LogP contribution in [-0.4, -0.2) is 38.2 Å². The highest BCUT2D eigenvalue weighted by Crippen LogP contribution is 2.30. The van der Waals surface area contributed by atoms with E-state index in [9.17, 15) is 13.2 Å². The highest BCUT2D eigenvalue weighted by Gasteiger charge is 2.35. The maximum absolute atomic E-state index is 12.8. The average molecular weight is 420 g/mol. The van der Waals surface area contributed by atoms with Crippen LogP contribution in [0.4, 0.5) is 0 Å². The molecule has 0 radical (unpaired) electrons. The van der Waals surface area contributed by atoms with Crippen LogP contribution in [0.2, 0.25) is 0 Å². The van der Waals surface area contributed by atoms with E-state index in [0.717, 1.165) is 17.2 Å². The van der Waals surface area contributed by atoms with Crippen LogP contribution in [0.5, 0.6) is 5.75 Å². The van der Waals surface area contributed by atoms with Gasteiger partial charge >= 0.3 is 5.97 Å². The summed E-state index contributed by atoms with van der Waals surface area (Å²) in [7, 11) is -3.68. The number of sulfonamides is 1. The van der Waals surface area contributed by atoms with Crippen LogP contribution in [0.15, 0.2) is 76.0 Å². The number of benzene rings is 3. The Kier molecular flexibility index (Phi) is 4.55. The fourth-order valence-electron chi connectivity index (χ4n) is 4.11. The molecule has 0 spiro atoms. The Balaban J connectivity index is 1.35. The molecule has 1 saturated heterocycles. The Morgan fingerprint density at radius 3 is 2.63 bits per heavy atom. The summed E-state index contributed by atoms with van der Waals surface area (Å²) in [6.07, 6.45) is 1.46. The third kappa shape index (κ3) is 3.35. The third-order valence-corrected chi connectivity index (χ3v) is 6.93. The zero-order valence-corrected chi connectivity index (χ0v) is 17.0. The highest BCUT2D eigenvalue weighted by molar-refractivity contribution is 7.90. The summed E-state index contributed by atoms with van der Waals surface area (Å²) in [5, 5.41) is 2.09. The van der Waals surface area contributed by atoms with Crippen LogP contribution in [0.1, 0.15) is 18.4 Å². The summed E-state index contributed by atoms with van der Waals surface area (Å²) >= 11 is 0. The standard InChI is InChI=1S/C23H20N2O4S/c26-23(29-19-12-11-16-6-1-2-7-17(16)14-19)18-8-5-13-25(15-18)22-20-9-3-4-10-21(20)30(27,28)24-22/h1-4,6-7,9-12,14,18H,5,8,13,15H2. The molecule has 5 rings (SSSR count). The van der Waals surface area contributed by atoms with Crippen LogP contribution >= 0.6 is 0 Å². The minimum atomic E-state index is -3.68. The van der Waals surface area contributed by atoms with E-state index in [1.807, 2.05) is 41.3 Å². The van der Waals surface area contributed by atoms with E-state index >= 15 is 0 Å². The van der Waals surface area contributed by atoms with Gasteiger partial charge in [-0.05, 0) is 47.9 Å². The lowest BCUT2D eigenvalue weighted by atomic mass is 9.97. The predicted molar refractivity (Wildman–Crippen MR) is 114 cm³/mol. The van der Waals surface area contributed by atoms with E-state index in [0.29, 0.717) is 36.7 Å². The van der Waals surface area contributed by atoms with Crippen LogP contribution in [-0.2, 0) is 14.8 Å². The molecule has 0 amide bonds. The first-order valence-corrected chi connectivity index (χ1v) is 11.4. The number of amidine groups is 1. The first kappa shape index (κ1) is 18.8. The first-order chi connectivity index (χ1) is 14.5. The Bertz CT molecular complexity index is 1280. The smallest absolute Gasteiger partial charge is 0.316 e. The molecule has 30 heavy (non-hydrogen) atoms. The van der Waals surface area contributed by atoms with Crippen molar-refractivity contribution in [2.75, 3.05) is 13.1 Å². The summed E-state index contributed by atoms with van der Waals surface area (Å²) in [5.74, 6) is 0.295. The molecular formula is C23H20N2O4S. The number of fused-ring (bicyclic) bond motifs is 2. The van der Waals surface area contributed by atoms with Gasteiger partial charge in [0.2, 0.25) is 0 Å². The molecule has 0 bridgehead atoms. The Labute approximate surface area is 174 Å². The molecule has 152 valence electrons. The number of carbonyl (C=O) groups is 1. The molecule has 6 nitrogen and oxygen atoms in total. The van der Waals surface area contributed by atoms with Crippen LogP contribution in [0.25, 0.3) is 10.8 Å². The van der Waals surface area contributed by atoms with E-state index in [2.05, 4.69) is 4.40 Å². The van der Waals surface area contributed by atoms with E-state index < -0.39 is 10.0 Å². The van der Waals surface area contributed by atoms with E-state index in [1.165, 1.54) is 0 Å². The molecule has 0 aliphatic carbocycles. The van der Waals surface area contributed by atoms with Crippen molar-refractivity contribution in [3.05, 3.63) is 72.3 Å². The average Bonchev–Trinajstić information content (AvgIpc) is 3.05. The van der Waals surface area contributed by atoms with E-state index in [1.54, 1.807) is 30.3 Å². The van der Waals surface area contributed by atoms with Gasteiger partial charge in [0.1, 0.15) is 10.6 Å². The summed E-state index contributed by atoms with van der Waals surface area (Å²) in [4.78, 5) is 14.9. The number of hydrogen-bond acceptors (Lipinski definition) is 5. The summed E-state index contributed by atoms with van der Waals surface area (Å²) in [6.45, 7) is 1.04. The number of esters is 1. The maximum atomic E-state index is 12.8. The number of carbonyl (C=O) groups excluding carboxylic acids is 1. The molecule has 7 heteroatoms. The lowest BCUT2D eigenvalue weighted by Gasteiger charge is -2.32. The number of hydrogen-bond donors (Lipinski definition) is 0. The predicted octanol–water partition coefficient (Wildman–Crippen LogP) is 3.61. The van der Waals surface area contributed by atoms with Gasteiger partial charge in [-0.25, -0.2) is 0 Å². The van der Waals surface area contributed by atoms with Crippen LogP contribution in [0, 0.1) is 5.92 Å². The first-order valence-electron chi connectivity index (χ1n) is 9.91. The summed E-state index contributed by atoms with van der Waals surface area (Å²) < 4.78 is 34.4. The van der Waals surface area contributed by atoms with Gasteiger partial charge in [-0.1, -0.05) is 42.5 Å². The molecule has 1 unspecified atom stereocenters. The van der Waals surface area contributed by atoms with Crippen molar-refractivity contribution < 1.29 is 17.9 Å². The van der Waals surface area contributed by atoms with Crippen molar-refractivity contribution in [1.29, 1.82) is 0 Å². The van der Waals surface area contributed by atoms with Crippen LogP contribution < -0.4 is 4.74 Å². The van der Waals surface area contributed by atoms with Gasteiger partial charge in [-0.3, -0.25) is 4.79 Å². The van der Waals surface area contributed by atoms with E-state index in [-0.39, 0.29) is 16.8 Å². The van der Waals surface area contributed by atoms with Gasteiger partial charge in [-0.15, -0.1) is 4.40 Å². The molecule has 2 heterocycles. The molecule has 2 aliphatic rings. The maximum Gasteiger partial charge on any atom is 0.316 e. The third-order valence-electron chi connectivity index (χ3n) is 5.61. The van der Waals surface area contributed by atoms with Gasteiger partial charge in [0.25, 0.3) is 10.0 Å². The highest BCUT2D eigenvalue weighted by atomic mass is 32.2. The number of rotatable bonds is 2. The van der Waals surface area contributed by atoms with Gasteiger partial charge < -0.3 is 9.64 Å². The number of piperidine rings is 1. The largest absolute Gasteiger partial charge is 0.426 e. The fourth-order valence-corrected chi connectivity index (χ4v) is 5.34. The quantitative estimate of drug-likeness (QED) is 0.468. The summed E-state index contributed by atoms with van der Waals surface area (Å²) in [5.41, 5.74) is 0.598. The van der Waals surface area contributed by atoms with Crippen molar-refractivity contribution in [3.8, 4) is 5.75 Å². The van der Waals surface area contributed by atoms with E-state index in [4.69, 9.17) is 4.74 Å². The van der Waals surface area contributed by atoms with Crippen molar-refractivity contribution in [2.45, 2.75) is 17.7 Å². The molecule has 1 fully saturated rings. The second-order valence-corrected chi connectivity index (χ2v) is 9.17. The fraction of sp³-hybridized carbons (Fsp3) is 0.217. The Hall–Kier alpha value is -3.19. The Morgan fingerprint density at radius 2 is 1.77 bits per heavy atom. The van der Waals surface area contributed by atoms with Crippen LogP contribution in [0.3, 0.4) is 0 Å². The SMILES string of the molecule is O=C(Oc1ccc2ccccc2c1)C1CCCN(C2=NS(=O)(=O)c3ccccc32)C1. The number of likely N-dealkylation sites (tertiary alicyclic amines) is 1. The molecule has 3 aromatic carbocycles. The van der Waals surface area contributed by atoms with Gasteiger partial charge in [0.15, 0.2) is 5.84 Å². The lowest BCUT2D eigenvalue weighted by Crippen LogP contribution is -2.43. The molecule has 0 aromatic heterocycles. The molecule has 0 N–H and O–H groups in total. The van der Waals surface area contributed by atoms with Crippen molar-refractivity contribution in [3.63, 3.8) is 0 Å². The topological polar surface area (TPSA) is 76.0 Å². The molecule has 2 aliphatic heterocycles. The Morgan fingerprint density at radius 1 is 1.00 bits per heavy atom. The molecular weight excluding hydrogens is 400 g/mol.